The molecule has 0 saturated heterocycles. The van der Waals surface area contributed by atoms with E-state index in [4.69, 9.17) is 25.5 Å². The average Bonchev–Trinajstić information content (AvgIpc) is 3.12. The summed E-state index contributed by atoms with van der Waals surface area (Å²) in [7, 11) is 1.29. The fourth-order valence-corrected chi connectivity index (χ4v) is 3.04. The van der Waals surface area contributed by atoms with Crippen LogP contribution in [0.2, 0.25) is 5.02 Å². The number of rotatable bonds is 8. The van der Waals surface area contributed by atoms with Crippen molar-refractivity contribution >= 4 is 17.7 Å². The Morgan fingerprint density at radius 2 is 2.00 bits per heavy atom. The average molecular weight is 443 g/mol. The molecule has 8 heteroatoms. The van der Waals surface area contributed by atoms with E-state index in [-0.39, 0.29) is 25.5 Å². The predicted octanol–water partition coefficient (Wildman–Crippen LogP) is 5.52. The van der Waals surface area contributed by atoms with Gasteiger partial charge in [-0.2, -0.15) is 0 Å². The smallest absolute Gasteiger partial charge is 0.410 e. The third-order valence-electron chi connectivity index (χ3n) is 4.44. The van der Waals surface area contributed by atoms with Gasteiger partial charge in [-0.3, -0.25) is 4.90 Å². The molecule has 162 valence electrons. The lowest BCUT2D eigenvalue weighted by atomic mass is 10.2. The van der Waals surface area contributed by atoms with Gasteiger partial charge >= 0.3 is 6.09 Å². The lowest BCUT2D eigenvalue weighted by molar-refractivity contribution is 0.119. The predicted molar refractivity (Wildman–Crippen MR) is 117 cm³/mol. The van der Waals surface area contributed by atoms with Crippen LogP contribution in [0.5, 0.6) is 5.75 Å². The van der Waals surface area contributed by atoms with E-state index in [0.717, 1.165) is 11.1 Å². The van der Waals surface area contributed by atoms with Crippen LogP contribution in [-0.4, -0.2) is 34.7 Å². The highest BCUT2D eigenvalue weighted by Crippen LogP contribution is 2.24. The van der Waals surface area contributed by atoms with Crippen molar-refractivity contribution in [2.24, 2.45) is 0 Å². The molecule has 1 heterocycles. The zero-order chi connectivity index (χ0) is 22.4. The third-order valence-corrected chi connectivity index (χ3v) is 4.69. The number of nitrogens with zero attached hydrogens (tertiary/aromatic N) is 2. The minimum atomic E-state index is -0.561. The van der Waals surface area contributed by atoms with Gasteiger partial charge in [0.25, 0.3) is 0 Å². The van der Waals surface area contributed by atoms with E-state index in [2.05, 4.69) is 11.6 Å². The van der Waals surface area contributed by atoms with Gasteiger partial charge < -0.3 is 19.0 Å². The summed E-state index contributed by atoms with van der Waals surface area (Å²) >= 11 is 5.93. The van der Waals surface area contributed by atoms with E-state index in [1.54, 1.807) is 12.1 Å². The maximum Gasteiger partial charge on any atom is 0.410 e. The van der Waals surface area contributed by atoms with Gasteiger partial charge in [-0.05, 0) is 48.9 Å². The summed E-state index contributed by atoms with van der Waals surface area (Å²) < 4.78 is 16.4. The van der Waals surface area contributed by atoms with E-state index < -0.39 is 6.09 Å². The first-order valence-corrected chi connectivity index (χ1v) is 9.87. The van der Waals surface area contributed by atoms with Crippen molar-refractivity contribution in [2.45, 2.75) is 20.1 Å². The standard InChI is InChI=1S/C23H23ClN2O5/c1-15(27)12-26(23(28)29-3)13-17-5-4-6-20(11-17)30-14-21-16(2)31-22(25-21)18-7-9-19(24)10-8-18/h4-11,27H,1,12-14H2,2-3H3. The van der Waals surface area contributed by atoms with Crippen LogP contribution >= 0.6 is 11.6 Å². The molecule has 0 spiro atoms. The summed E-state index contributed by atoms with van der Waals surface area (Å²) in [5, 5.41) is 10.1. The first-order chi connectivity index (χ1) is 14.9. The molecule has 1 aromatic heterocycles. The Morgan fingerprint density at radius 3 is 2.68 bits per heavy atom. The Labute approximate surface area is 185 Å². The largest absolute Gasteiger partial charge is 0.511 e. The zero-order valence-electron chi connectivity index (χ0n) is 17.3. The number of ether oxygens (including phenoxy) is 2. The summed E-state index contributed by atoms with van der Waals surface area (Å²) in [6, 6.07) is 14.5. The first kappa shape index (κ1) is 22.2. The fraction of sp³-hybridized carbons (Fsp3) is 0.217. The quantitative estimate of drug-likeness (QED) is 0.462. The summed E-state index contributed by atoms with van der Waals surface area (Å²) in [6.45, 7) is 5.69. The van der Waals surface area contributed by atoms with Crippen LogP contribution < -0.4 is 4.74 Å². The third kappa shape index (κ3) is 6.02. The molecule has 1 N–H and O–H groups in total. The SMILES string of the molecule is C=C(O)CN(Cc1cccc(OCc2nc(-c3ccc(Cl)cc3)oc2C)c1)C(=O)OC. The molecule has 0 unspecified atom stereocenters. The lowest BCUT2D eigenvalue weighted by Gasteiger charge is -2.20. The molecule has 0 aliphatic carbocycles. The molecule has 3 rings (SSSR count). The van der Waals surface area contributed by atoms with E-state index in [0.29, 0.717) is 28.1 Å². The normalized spacial score (nSPS) is 10.5. The van der Waals surface area contributed by atoms with Crippen molar-refractivity contribution in [3.63, 3.8) is 0 Å². The number of benzene rings is 2. The van der Waals surface area contributed by atoms with Crippen LogP contribution in [0.25, 0.3) is 11.5 Å². The highest BCUT2D eigenvalue weighted by Gasteiger charge is 2.16. The number of methoxy groups -OCH3 is 1. The van der Waals surface area contributed by atoms with Crippen LogP contribution in [-0.2, 0) is 17.9 Å². The van der Waals surface area contributed by atoms with Gasteiger partial charge in [-0.1, -0.05) is 30.3 Å². The van der Waals surface area contributed by atoms with Crippen molar-refractivity contribution in [1.29, 1.82) is 0 Å². The second-order valence-corrected chi connectivity index (χ2v) is 7.29. The number of halogens is 1. The van der Waals surface area contributed by atoms with Crippen molar-refractivity contribution < 1.29 is 23.8 Å². The second kappa shape index (κ2) is 10.0. The lowest BCUT2D eigenvalue weighted by Crippen LogP contribution is -2.32. The van der Waals surface area contributed by atoms with E-state index >= 15 is 0 Å². The number of aliphatic hydroxyl groups is 1. The molecule has 3 aromatic rings. The highest BCUT2D eigenvalue weighted by atomic mass is 35.5. The maximum absolute atomic E-state index is 11.9. The maximum atomic E-state index is 11.9. The Bertz CT molecular complexity index is 1060. The van der Waals surface area contributed by atoms with E-state index in [9.17, 15) is 9.90 Å². The molecule has 0 saturated carbocycles. The molecule has 0 radical (unpaired) electrons. The van der Waals surface area contributed by atoms with Crippen molar-refractivity contribution in [3.8, 4) is 17.2 Å². The number of aryl methyl sites for hydroxylation is 1. The van der Waals surface area contributed by atoms with Crippen LogP contribution in [0.15, 0.2) is 65.3 Å². The van der Waals surface area contributed by atoms with Gasteiger partial charge in [0.2, 0.25) is 5.89 Å². The fourth-order valence-electron chi connectivity index (χ4n) is 2.92. The monoisotopic (exact) mass is 442 g/mol. The van der Waals surface area contributed by atoms with Crippen molar-refractivity contribution in [1.82, 2.24) is 9.88 Å². The van der Waals surface area contributed by atoms with E-state index in [1.165, 1.54) is 12.0 Å². The molecule has 0 fully saturated rings. The van der Waals surface area contributed by atoms with Gasteiger partial charge in [-0.15, -0.1) is 0 Å². The van der Waals surface area contributed by atoms with Gasteiger partial charge in [0.15, 0.2) is 0 Å². The summed E-state index contributed by atoms with van der Waals surface area (Å²) in [5.74, 6) is 1.65. The van der Waals surface area contributed by atoms with E-state index in [1.807, 2.05) is 43.3 Å². The van der Waals surface area contributed by atoms with Crippen molar-refractivity contribution in [3.05, 3.63) is 82.9 Å². The number of amides is 1. The molecule has 0 bridgehead atoms. The van der Waals surface area contributed by atoms with Crippen LogP contribution in [0.4, 0.5) is 4.79 Å². The molecule has 31 heavy (non-hydrogen) atoms. The number of carbonyl (C=O) groups is 1. The number of hydrogen-bond donors (Lipinski definition) is 1. The molecular weight excluding hydrogens is 420 g/mol. The molecule has 2 aromatic carbocycles. The number of aliphatic hydroxyl groups excluding tert-OH is 1. The van der Waals surface area contributed by atoms with Crippen LogP contribution in [0.1, 0.15) is 17.0 Å². The second-order valence-electron chi connectivity index (χ2n) is 6.86. The summed E-state index contributed by atoms with van der Waals surface area (Å²) in [6.07, 6.45) is -0.561. The Kier molecular flexibility index (Phi) is 7.20. The summed E-state index contributed by atoms with van der Waals surface area (Å²) in [4.78, 5) is 17.8. The highest BCUT2D eigenvalue weighted by molar-refractivity contribution is 6.30. The minimum absolute atomic E-state index is 0.0244. The van der Waals surface area contributed by atoms with Gasteiger partial charge in [0, 0.05) is 17.1 Å². The van der Waals surface area contributed by atoms with Gasteiger partial charge in [0.1, 0.15) is 29.6 Å². The topological polar surface area (TPSA) is 85.0 Å². The van der Waals surface area contributed by atoms with Crippen LogP contribution in [0, 0.1) is 6.92 Å². The first-order valence-electron chi connectivity index (χ1n) is 9.49. The van der Waals surface area contributed by atoms with Crippen molar-refractivity contribution in [2.75, 3.05) is 13.7 Å². The zero-order valence-corrected chi connectivity index (χ0v) is 18.1. The Morgan fingerprint density at radius 1 is 1.26 bits per heavy atom. The number of aromatic nitrogens is 1. The Balaban J connectivity index is 1.68. The number of hydrogen-bond acceptors (Lipinski definition) is 6. The summed E-state index contributed by atoms with van der Waals surface area (Å²) in [5.41, 5.74) is 2.32. The van der Waals surface area contributed by atoms with Gasteiger partial charge in [-0.25, -0.2) is 9.78 Å². The number of oxazole rings is 1. The minimum Gasteiger partial charge on any atom is -0.511 e. The molecule has 7 nitrogen and oxygen atoms in total. The molecule has 0 aliphatic rings. The Hall–Kier alpha value is -3.45. The number of carbonyl (C=O) groups excluding carboxylic acids is 1. The molecular formula is C23H23ClN2O5. The molecule has 0 atom stereocenters. The van der Waals surface area contributed by atoms with Crippen LogP contribution in [0.3, 0.4) is 0 Å². The molecule has 1 amide bonds. The molecule has 0 aliphatic heterocycles. The van der Waals surface area contributed by atoms with Gasteiger partial charge in [0.05, 0.1) is 13.7 Å².